The van der Waals surface area contributed by atoms with Crippen molar-refractivity contribution >= 4 is 57.0 Å². The molecule has 0 bridgehead atoms. The Kier molecular flexibility index (Phi) is 5.78. The van der Waals surface area contributed by atoms with E-state index in [1.54, 1.807) is 12.1 Å². The van der Waals surface area contributed by atoms with Crippen LogP contribution in [0.2, 0.25) is 10.3 Å². The number of hydrogen-bond acceptors (Lipinski definition) is 6. The Morgan fingerprint density at radius 2 is 1.79 bits per heavy atom. The summed E-state index contributed by atoms with van der Waals surface area (Å²) >= 11 is 12.8. The fourth-order valence-electron chi connectivity index (χ4n) is 4.39. The van der Waals surface area contributed by atoms with Gasteiger partial charge in [0.05, 0.1) is 11.6 Å². The number of phenolic OH excluding ortho intramolecular Hbond substituents is 1. The molecule has 0 aliphatic carbocycles. The van der Waals surface area contributed by atoms with Crippen LogP contribution in [0.5, 0.6) is 5.75 Å². The van der Waals surface area contributed by atoms with Gasteiger partial charge in [0.15, 0.2) is 5.82 Å². The molecule has 5 rings (SSSR count). The Morgan fingerprint density at radius 1 is 1.03 bits per heavy atom. The maximum atomic E-state index is 16.0. The smallest absolute Gasteiger partial charge is 0.225 e. The lowest BCUT2D eigenvalue weighted by atomic mass is 9.96. The topological polar surface area (TPSA) is 69.6 Å². The molecule has 1 aliphatic heterocycles. The maximum Gasteiger partial charge on any atom is 0.225 e. The molecule has 1 aliphatic rings. The predicted molar refractivity (Wildman–Crippen MR) is 129 cm³/mol. The van der Waals surface area contributed by atoms with Crippen molar-refractivity contribution in [3.8, 4) is 16.9 Å². The number of halogens is 3. The van der Waals surface area contributed by atoms with Gasteiger partial charge in [0.2, 0.25) is 5.28 Å². The number of aromatic hydroxyl groups is 1. The van der Waals surface area contributed by atoms with Crippen molar-refractivity contribution in [1.82, 2.24) is 14.9 Å². The number of carbonyl (C=O) groups is 1. The van der Waals surface area contributed by atoms with Gasteiger partial charge >= 0.3 is 0 Å². The van der Waals surface area contributed by atoms with Crippen molar-refractivity contribution in [3.63, 3.8) is 0 Å². The van der Waals surface area contributed by atoms with E-state index in [0.717, 1.165) is 17.1 Å². The van der Waals surface area contributed by atoms with Crippen LogP contribution in [0.3, 0.4) is 0 Å². The SMILES string of the molecule is O=CCN1CCN(c2nc(Cl)nc3c(F)c(-c4cc(O)cc5ccccc45)c(Cl)cc23)CC1. The van der Waals surface area contributed by atoms with Gasteiger partial charge < -0.3 is 14.8 Å². The van der Waals surface area contributed by atoms with Crippen LogP contribution in [-0.2, 0) is 4.79 Å². The first-order valence-corrected chi connectivity index (χ1v) is 11.2. The Bertz CT molecular complexity index is 1390. The highest BCUT2D eigenvalue weighted by atomic mass is 35.5. The van der Waals surface area contributed by atoms with Crippen LogP contribution >= 0.6 is 23.2 Å². The van der Waals surface area contributed by atoms with Crippen molar-refractivity contribution in [1.29, 1.82) is 0 Å². The van der Waals surface area contributed by atoms with E-state index in [1.165, 1.54) is 6.07 Å². The highest BCUT2D eigenvalue weighted by Gasteiger charge is 2.25. The van der Waals surface area contributed by atoms with Crippen LogP contribution in [0.1, 0.15) is 0 Å². The average Bonchev–Trinajstić information content (AvgIpc) is 2.80. The van der Waals surface area contributed by atoms with E-state index < -0.39 is 5.82 Å². The molecule has 1 saturated heterocycles. The summed E-state index contributed by atoms with van der Waals surface area (Å²) in [7, 11) is 0. The average molecular weight is 485 g/mol. The first kappa shape index (κ1) is 21.8. The number of benzene rings is 3. The monoisotopic (exact) mass is 484 g/mol. The molecule has 0 radical (unpaired) electrons. The first-order chi connectivity index (χ1) is 16.0. The molecule has 2 heterocycles. The quantitative estimate of drug-likeness (QED) is 0.327. The predicted octanol–water partition coefficient (Wildman–Crippen LogP) is 4.92. The number of phenols is 1. The summed E-state index contributed by atoms with van der Waals surface area (Å²) in [4.78, 5) is 23.4. The van der Waals surface area contributed by atoms with Crippen LogP contribution in [0.15, 0.2) is 42.5 Å². The van der Waals surface area contributed by atoms with Gasteiger partial charge in [0, 0.05) is 37.1 Å². The van der Waals surface area contributed by atoms with Crippen molar-refractivity contribution in [2.24, 2.45) is 0 Å². The number of fused-ring (bicyclic) bond motifs is 2. The minimum atomic E-state index is -0.626. The second kappa shape index (κ2) is 8.74. The summed E-state index contributed by atoms with van der Waals surface area (Å²) in [6.45, 7) is 2.93. The van der Waals surface area contributed by atoms with Gasteiger partial charge in [-0.3, -0.25) is 4.90 Å². The molecule has 1 aromatic heterocycles. The van der Waals surface area contributed by atoms with Crippen molar-refractivity contribution < 1.29 is 14.3 Å². The number of carbonyl (C=O) groups excluding carboxylic acids is 1. The van der Waals surface area contributed by atoms with Gasteiger partial charge in [0.1, 0.15) is 23.4 Å². The molecular formula is C24H19Cl2FN4O2. The molecule has 33 heavy (non-hydrogen) atoms. The molecule has 0 spiro atoms. The normalized spacial score (nSPS) is 14.8. The fraction of sp³-hybridized carbons (Fsp3) is 0.208. The van der Waals surface area contributed by atoms with E-state index in [-0.39, 0.29) is 27.1 Å². The Hall–Kier alpha value is -3.00. The van der Waals surface area contributed by atoms with E-state index in [1.807, 2.05) is 34.1 Å². The third kappa shape index (κ3) is 3.97. The highest BCUT2D eigenvalue weighted by molar-refractivity contribution is 6.35. The fourth-order valence-corrected chi connectivity index (χ4v) is 4.85. The lowest BCUT2D eigenvalue weighted by Gasteiger charge is -2.35. The lowest BCUT2D eigenvalue weighted by molar-refractivity contribution is -0.108. The molecule has 0 amide bonds. The molecule has 9 heteroatoms. The maximum absolute atomic E-state index is 16.0. The minimum absolute atomic E-state index is 0.00821. The number of nitrogens with zero attached hydrogens (tertiary/aromatic N) is 4. The van der Waals surface area contributed by atoms with Crippen LogP contribution in [0, 0.1) is 5.82 Å². The van der Waals surface area contributed by atoms with Crippen LogP contribution in [0.25, 0.3) is 32.8 Å². The van der Waals surface area contributed by atoms with E-state index in [9.17, 15) is 9.90 Å². The Labute approximate surface area is 199 Å². The molecule has 168 valence electrons. The molecule has 4 aromatic rings. The summed E-state index contributed by atoms with van der Waals surface area (Å²) in [5.74, 6) is -0.115. The van der Waals surface area contributed by atoms with Crippen molar-refractivity contribution in [2.45, 2.75) is 0 Å². The zero-order chi connectivity index (χ0) is 23.1. The zero-order valence-corrected chi connectivity index (χ0v) is 18.9. The number of anilines is 1. The number of aldehydes is 1. The standard InChI is InChI=1S/C24H19Cl2FN4O2/c25-19-13-18-22(28-24(26)29-23(18)31-7-5-30(6-8-31)9-10-32)21(27)20(19)17-12-15(33)11-14-3-1-2-4-16(14)17/h1-4,10-13,33H,5-9H2. The van der Waals surface area contributed by atoms with Crippen LogP contribution in [0.4, 0.5) is 10.2 Å². The highest BCUT2D eigenvalue weighted by Crippen LogP contribution is 2.42. The second-order valence-corrected chi connectivity index (χ2v) is 8.67. The summed E-state index contributed by atoms with van der Waals surface area (Å²) in [6.07, 6.45) is 0.883. The first-order valence-electron chi connectivity index (χ1n) is 10.4. The summed E-state index contributed by atoms with van der Waals surface area (Å²) < 4.78 is 16.0. The van der Waals surface area contributed by atoms with E-state index in [4.69, 9.17) is 23.2 Å². The van der Waals surface area contributed by atoms with Crippen molar-refractivity contribution in [3.05, 3.63) is 58.6 Å². The summed E-state index contributed by atoms with van der Waals surface area (Å²) in [5, 5.41) is 12.3. The summed E-state index contributed by atoms with van der Waals surface area (Å²) in [6, 6.07) is 12.1. The Morgan fingerprint density at radius 3 is 2.55 bits per heavy atom. The van der Waals surface area contributed by atoms with Crippen molar-refractivity contribution in [2.75, 3.05) is 37.6 Å². The molecule has 6 nitrogen and oxygen atoms in total. The second-order valence-electron chi connectivity index (χ2n) is 7.93. The number of piperazine rings is 1. The van der Waals surface area contributed by atoms with Gasteiger partial charge in [-0.15, -0.1) is 0 Å². The molecule has 1 N–H and O–H groups in total. The molecule has 0 saturated carbocycles. The van der Waals surface area contributed by atoms with E-state index in [0.29, 0.717) is 49.5 Å². The molecule has 0 unspecified atom stereocenters. The van der Waals surface area contributed by atoms with Gasteiger partial charge in [-0.25, -0.2) is 9.37 Å². The third-order valence-electron chi connectivity index (χ3n) is 5.96. The van der Waals surface area contributed by atoms with E-state index in [2.05, 4.69) is 9.97 Å². The molecular weight excluding hydrogens is 466 g/mol. The van der Waals surface area contributed by atoms with Gasteiger partial charge in [-0.1, -0.05) is 35.9 Å². The lowest BCUT2D eigenvalue weighted by Crippen LogP contribution is -2.47. The molecule has 1 fully saturated rings. The molecule has 0 atom stereocenters. The van der Waals surface area contributed by atoms with Crippen LogP contribution in [-0.4, -0.2) is 59.0 Å². The summed E-state index contributed by atoms with van der Waals surface area (Å²) in [5.41, 5.74) is 0.675. The third-order valence-corrected chi connectivity index (χ3v) is 6.42. The van der Waals surface area contributed by atoms with Gasteiger partial charge in [0.25, 0.3) is 0 Å². The van der Waals surface area contributed by atoms with E-state index >= 15 is 4.39 Å². The molecule has 3 aromatic carbocycles. The largest absolute Gasteiger partial charge is 0.508 e. The minimum Gasteiger partial charge on any atom is -0.508 e. The van der Waals surface area contributed by atoms with Gasteiger partial charge in [-0.05, 0) is 46.1 Å². The van der Waals surface area contributed by atoms with Crippen LogP contribution < -0.4 is 4.90 Å². The number of hydrogen-bond donors (Lipinski definition) is 1. The number of aromatic nitrogens is 2. The van der Waals surface area contributed by atoms with Gasteiger partial charge in [-0.2, -0.15) is 4.98 Å². The number of rotatable bonds is 4. The Balaban J connectivity index is 1.68. The zero-order valence-electron chi connectivity index (χ0n) is 17.4.